The molecule has 182 valence electrons. The lowest BCUT2D eigenvalue weighted by Gasteiger charge is -2.21. The third-order valence-corrected chi connectivity index (χ3v) is 8.22. The molecule has 0 saturated carbocycles. The van der Waals surface area contributed by atoms with E-state index in [0.717, 1.165) is 12.8 Å². The van der Waals surface area contributed by atoms with E-state index < -0.39 is 0 Å². The Morgan fingerprint density at radius 3 is 1.16 bits per heavy atom. The SMILES string of the molecule is CCc1cc2c(-c3cccc4ccccc34)c3ccccc3c(-c3cccc4ccccc34)c2cc1CC. The molecule has 0 nitrogen and oxygen atoms in total. The van der Waals surface area contributed by atoms with Gasteiger partial charge in [-0.15, -0.1) is 0 Å². The Morgan fingerprint density at radius 1 is 0.368 bits per heavy atom. The van der Waals surface area contributed by atoms with Gasteiger partial charge >= 0.3 is 0 Å². The van der Waals surface area contributed by atoms with Crippen LogP contribution >= 0.6 is 0 Å². The van der Waals surface area contributed by atoms with Crippen molar-refractivity contribution >= 4 is 43.1 Å². The number of hydrogen-bond donors (Lipinski definition) is 0. The Balaban J connectivity index is 1.74. The maximum Gasteiger partial charge on any atom is -0.00200 e. The molecular formula is C38H30. The summed E-state index contributed by atoms with van der Waals surface area (Å²) in [5, 5.41) is 10.5. The van der Waals surface area contributed by atoms with Crippen LogP contribution in [0.2, 0.25) is 0 Å². The smallest absolute Gasteiger partial charge is 0.00200 e. The summed E-state index contributed by atoms with van der Waals surface area (Å²) in [6.45, 7) is 4.56. The molecule has 0 heteroatoms. The fourth-order valence-corrected chi connectivity index (χ4v) is 6.44. The molecule has 0 N–H and O–H groups in total. The lowest BCUT2D eigenvalue weighted by atomic mass is 9.82. The van der Waals surface area contributed by atoms with Crippen molar-refractivity contribution in [3.8, 4) is 22.3 Å². The third kappa shape index (κ3) is 3.45. The first-order valence-corrected chi connectivity index (χ1v) is 13.7. The first-order chi connectivity index (χ1) is 18.8. The number of rotatable bonds is 4. The monoisotopic (exact) mass is 486 g/mol. The summed E-state index contributed by atoms with van der Waals surface area (Å²) in [6.07, 6.45) is 2.06. The standard InChI is InChI=1S/C38H30/c1-3-25-23-35-36(24-26(25)4-2)38(32-22-12-16-28-14-6-8-18-30(28)32)34-20-10-9-19-33(34)37(35)31-21-11-15-27-13-5-7-17-29(27)31/h5-24H,3-4H2,1-2H3. The minimum Gasteiger partial charge on any atom is -0.0616 e. The zero-order valence-corrected chi connectivity index (χ0v) is 22.0. The topological polar surface area (TPSA) is 0 Å². The predicted molar refractivity (Wildman–Crippen MR) is 166 cm³/mol. The molecule has 0 fully saturated rings. The van der Waals surface area contributed by atoms with E-state index in [2.05, 4.69) is 135 Å². The first kappa shape index (κ1) is 22.8. The molecular weight excluding hydrogens is 456 g/mol. The number of hydrogen-bond acceptors (Lipinski definition) is 0. The highest BCUT2D eigenvalue weighted by Crippen LogP contribution is 2.47. The van der Waals surface area contributed by atoms with Gasteiger partial charge in [-0.1, -0.05) is 135 Å². The van der Waals surface area contributed by atoms with Crippen LogP contribution in [-0.2, 0) is 12.8 Å². The van der Waals surface area contributed by atoms with E-state index in [-0.39, 0.29) is 0 Å². The van der Waals surface area contributed by atoms with Crippen LogP contribution in [0.4, 0.5) is 0 Å². The Hall–Kier alpha value is -4.42. The molecule has 38 heavy (non-hydrogen) atoms. The highest BCUT2D eigenvalue weighted by Gasteiger charge is 2.20. The minimum atomic E-state index is 1.03. The van der Waals surface area contributed by atoms with Gasteiger partial charge in [0.25, 0.3) is 0 Å². The largest absolute Gasteiger partial charge is 0.0616 e. The van der Waals surface area contributed by atoms with E-state index in [1.807, 2.05) is 0 Å². The average molecular weight is 487 g/mol. The van der Waals surface area contributed by atoms with Crippen molar-refractivity contribution in [2.24, 2.45) is 0 Å². The van der Waals surface area contributed by atoms with Gasteiger partial charge in [0.05, 0.1) is 0 Å². The van der Waals surface area contributed by atoms with Crippen LogP contribution in [0, 0.1) is 0 Å². The van der Waals surface area contributed by atoms with Gasteiger partial charge < -0.3 is 0 Å². The summed E-state index contributed by atoms with van der Waals surface area (Å²) in [6, 6.07) is 45.0. The molecule has 0 spiro atoms. The molecule has 0 aliphatic heterocycles. The van der Waals surface area contributed by atoms with Crippen molar-refractivity contribution in [3.63, 3.8) is 0 Å². The van der Waals surface area contributed by atoms with E-state index in [1.54, 1.807) is 0 Å². The summed E-state index contributed by atoms with van der Waals surface area (Å²) in [5.41, 5.74) is 8.18. The van der Waals surface area contributed by atoms with E-state index in [1.165, 1.54) is 76.5 Å². The molecule has 7 rings (SSSR count). The molecule has 0 aromatic heterocycles. The van der Waals surface area contributed by atoms with Crippen LogP contribution < -0.4 is 0 Å². The van der Waals surface area contributed by atoms with Gasteiger partial charge in [-0.3, -0.25) is 0 Å². The van der Waals surface area contributed by atoms with Crippen molar-refractivity contribution in [2.75, 3.05) is 0 Å². The van der Waals surface area contributed by atoms with Crippen molar-refractivity contribution in [1.82, 2.24) is 0 Å². The molecule has 7 aromatic rings. The average Bonchev–Trinajstić information content (AvgIpc) is 2.98. The summed E-state index contributed by atoms with van der Waals surface area (Å²) in [5.74, 6) is 0. The van der Waals surface area contributed by atoms with Gasteiger partial charge in [0, 0.05) is 0 Å². The van der Waals surface area contributed by atoms with Crippen LogP contribution in [0.15, 0.2) is 121 Å². The van der Waals surface area contributed by atoms with Gasteiger partial charge in [0.15, 0.2) is 0 Å². The minimum absolute atomic E-state index is 1.03. The quantitative estimate of drug-likeness (QED) is 0.217. The molecule has 0 bridgehead atoms. The highest BCUT2D eigenvalue weighted by molar-refractivity contribution is 6.25. The Kier molecular flexibility index (Phi) is 5.48. The van der Waals surface area contributed by atoms with E-state index in [4.69, 9.17) is 0 Å². The van der Waals surface area contributed by atoms with Crippen molar-refractivity contribution < 1.29 is 0 Å². The van der Waals surface area contributed by atoms with E-state index >= 15 is 0 Å². The van der Waals surface area contributed by atoms with Gasteiger partial charge in [-0.2, -0.15) is 0 Å². The molecule has 0 aliphatic carbocycles. The second-order valence-electron chi connectivity index (χ2n) is 10.2. The van der Waals surface area contributed by atoms with E-state index in [0.29, 0.717) is 0 Å². The second kappa shape index (κ2) is 9.15. The number of benzene rings is 7. The predicted octanol–water partition coefficient (Wildman–Crippen LogP) is 10.8. The van der Waals surface area contributed by atoms with Crippen LogP contribution in [0.1, 0.15) is 25.0 Å². The van der Waals surface area contributed by atoms with Crippen molar-refractivity contribution in [1.29, 1.82) is 0 Å². The molecule has 0 aliphatic rings. The second-order valence-corrected chi connectivity index (χ2v) is 10.2. The first-order valence-electron chi connectivity index (χ1n) is 13.7. The fourth-order valence-electron chi connectivity index (χ4n) is 6.44. The summed E-state index contributed by atoms with van der Waals surface area (Å²) >= 11 is 0. The molecule has 0 amide bonds. The number of fused-ring (bicyclic) bond motifs is 4. The summed E-state index contributed by atoms with van der Waals surface area (Å²) in [7, 11) is 0. The molecule has 0 saturated heterocycles. The van der Waals surface area contributed by atoms with Crippen LogP contribution in [0.3, 0.4) is 0 Å². The summed E-state index contributed by atoms with van der Waals surface area (Å²) in [4.78, 5) is 0. The Morgan fingerprint density at radius 2 is 0.737 bits per heavy atom. The van der Waals surface area contributed by atoms with Crippen molar-refractivity contribution in [3.05, 3.63) is 132 Å². The van der Waals surface area contributed by atoms with Crippen molar-refractivity contribution in [2.45, 2.75) is 26.7 Å². The summed E-state index contributed by atoms with van der Waals surface area (Å²) < 4.78 is 0. The maximum atomic E-state index is 2.49. The van der Waals surface area contributed by atoms with E-state index in [9.17, 15) is 0 Å². The van der Waals surface area contributed by atoms with Crippen LogP contribution in [0.5, 0.6) is 0 Å². The van der Waals surface area contributed by atoms with Gasteiger partial charge in [-0.05, 0) is 89.3 Å². The Labute approximate surface area is 224 Å². The van der Waals surface area contributed by atoms with Gasteiger partial charge in [0.1, 0.15) is 0 Å². The lowest BCUT2D eigenvalue weighted by molar-refractivity contribution is 1.04. The molecule has 0 atom stereocenters. The Bertz CT molecular complexity index is 1830. The van der Waals surface area contributed by atoms with Gasteiger partial charge in [-0.25, -0.2) is 0 Å². The lowest BCUT2D eigenvalue weighted by Crippen LogP contribution is -1.97. The molecule has 0 unspecified atom stereocenters. The molecule has 7 aromatic carbocycles. The normalized spacial score (nSPS) is 11.6. The van der Waals surface area contributed by atoms with Crippen LogP contribution in [-0.4, -0.2) is 0 Å². The fraction of sp³-hybridized carbons (Fsp3) is 0.105. The third-order valence-electron chi connectivity index (χ3n) is 8.22. The molecule has 0 radical (unpaired) electrons. The van der Waals surface area contributed by atoms with Gasteiger partial charge in [0.2, 0.25) is 0 Å². The highest BCUT2D eigenvalue weighted by atomic mass is 14.2. The van der Waals surface area contributed by atoms with Crippen LogP contribution in [0.25, 0.3) is 65.3 Å². The number of aryl methyl sites for hydroxylation is 2. The zero-order chi connectivity index (χ0) is 25.6. The molecule has 0 heterocycles. The zero-order valence-electron chi connectivity index (χ0n) is 22.0. The maximum absolute atomic E-state index is 2.49.